The number of amides is 1. The molecule has 106 valence electrons. The van der Waals surface area contributed by atoms with Gasteiger partial charge in [0.1, 0.15) is 5.69 Å². The third-order valence-electron chi connectivity index (χ3n) is 3.77. The Hall–Kier alpha value is -1.56. The first kappa shape index (κ1) is 13.9. The van der Waals surface area contributed by atoms with Gasteiger partial charge in [-0.15, -0.1) is 0 Å². The Balaban J connectivity index is 2.10. The van der Waals surface area contributed by atoms with Crippen molar-refractivity contribution < 1.29 is 9.90 Å². The predicted molar refractivity (Wildman–Crippen MR) is 72.7 cm³/mol. The minimum Gasteiger partial charge on any atom is -0.395 e. The lowest BCUT2D eigenvalue weighted by Gasteiger charge is -2.34. The normalized spacial score (nSPS) is 22.1. The number of carbonyl (C=O) groups excluding carboxylic acids is 1. The van der Waals surface area contributed by atoms with Crippen molar-refractivity contribution in [2.75, 3.05) is 19.3 Å². The van der Waals surface area contributed by atoms with E-state index in [1.165, 1.54) is 0 Å². The van der Waals surface area contributed by atoms with E-state index in [0.29, 0.717) is 36.1 Å². The SMILES string of the molecule is CCn1nc(C)c(N)c1C(=O)N(C)CC1CC(O)C1. The molecule has 1 fully saturated rings. The van der Waals surface area contributed by atoms with E-state index in [9.17, 15) is 9.90 Å². The molecule has 1 aliphatic carbocycles. The molecule has 0 saturated heterocycles. The molecule has 1 aromatic rings. The van der Waals surface area contributed by atoms with Crippen LogP contribution < -0.4 is 5.73 Å². The summed E-state index contributed by atoms with van der Waals surface area (Å²) in [6, 6.07) is 0. The maximum atomic E-state index is 12.4. The molecule has 6 nitrogen and oxygen atoms in total. The van der Waals surface area contributed by atoms with Gasteiger partial charge in [0.15, 0.2) is 0 Å². The number of aliphatic hydroxyl groups excluding tert-OH is 1. The molecule has 1 aliphatic rings. The average Bonchev–Trinajstić information content (AvgIpc) is 2.62. The van der Waals surface area contributed by atoms with E-state index in [-0.39, 0.29) is 12.0 Å². The zero-order chi connectivity index (χ0) is 14.2. The number of nitrogens with zero attached hydrogens (tertiary/aromatic N) is 3. The second kappa shape index (κ2) is 5.21. The third-order valence-corrected chi connectivity index (χ3v) is 3.77. The summed E-state index contributed by atoms with van der Waals surface area (Å²) in [7, 11) is 1.77. The fourth-order valence-electron chi connectivity index (χ4n) is 2.55. The molecule has 0 aliphatic heterocycles. The lowest BCUT2D eigenvalue weighted by molar-refractivity contribution is 0.0262. The Labute approximate surface area is 113 Å². The smallest absolute Gasteiger partial charge is 0.274 e. The molecule has 0 unspecified atom stereocenters. The maximum Gasteiger partial charge on any atom is 0.274 e. The molecule has 3 N–H and O–H groups in total. The Kier molecular flexibility index (Phi) is 3.80. The molecule has 0 bridgehead atoms. The molecule has 1 amide bonds. The minimum atomic E-state index is -0.193. The van der Waals surface area contributed by atoms with Crippen LogP contribution in [-0.2, 0) is 6.54 Å². The second-order valence-electron chi connectivity index (χ2n) is 5.34. The lowest BCUT2D eigenvalue weighted by atomic mass is 9.82. The highest BCUT2D eigenvalue weighted by Gasteiger charge is 2.30. The molecule has 2 rings (SSSR count). The molecule has 1 saturated carbocycles. The topological polar surface area (TPSA) is 84.4 Å². The number of aryl methyl sites for hydroxylation is 2. The van der Waals surface area contributed by atoms with E-state index in [1.807, 2.05) is 6.92 Å². The molecule has 0 atom stereocenters. The molecule has 0 radical (unpaired) electrons. The van der Waals surface area contributed by atoms with E-state index < -0.39 is 0 Å². The second-order valence-corrected chi connectivity index (χ2v) is 5.34. The summed E-state index contributed by atoms with van der Waals surface area (Å²) in [6.45, 7) is 5.02. The summed E-state index contributed by atoms with van der Waals surface area (Å²) in [4.78, 5) is 14.1. The van der Waals surface area contributed by atoms with Gasteiger partial charge in [-0.25, -0.2) is 0 Å². The van der Waals surface area contributed by atoms with Crippen molar-refractivity contribution in [2.45, 2.75) is 39.3 Å². The Morgan fingerprint density at radius 2 is 2.21 bits per heavy atom. The van der Waals surface area contributed by atoms with Gasteiger partial charge in [-0.2, -0.15) is 5.10 Å². The lowest BCUT2D eigenvalue weighted by Crippen LogP contribution is -2.40. The number of nitrogens with two attached hydrogens (primary N) is 1. The van der Waals surface area contributed by atoms with Crippen LogP contribution >= 0.6 is 0 Å². The molecule has 0 spiro atoms. The fourth-order valence-corrected chi connectivity index (χ4v) is 2.55. The molecule has 19 heavy (non-hydrogen) atoms. The van der Waals surface area contributed by atoms with Crippen molar-refractivity contribution in [3.8, 4) is 0 Å². The van der Waals surface area contributed by atoms with Crippen LogP contribution in [0.1, 0.15) is 35.9 Å². The summed E-state index contributed by atoms with van der Waals surface area (Å²) >= 11 is 0. The van der Waals surface area contributed by atoms with Crippen LogP contribution in [0.3, 0.4) is 0 Å². The number of hydrogen-bond acceptors (Lipinski definition) is 4. The summed E-state index contributed by atoms with van der Waals surface area (Å²) in [5.41, 5.74) is 7.58. The van der Waals surface area contributed by atoms with E-state index >= 15 is 0 Å². The molecular formula is C13H22N4O2. The van der Waals surface area contributed by atoms with Crippen LogP contribution in [0.2, 0.25) is 0 Å². The number of nitrogen functional groups attached to an aromatic ring is 1. The molecule has 1 heterocycles. The number of aliphatic hydroxyl groups is 1. The highest BCUT2D eigenvalue weighted by Crippen LogP contribution is 2.28. The van der Waals surface area contributed by atoms with Crippen molar-refractivity contribution in [3.63, 3.8) is 0 Å². The fraction of sp³-hybridized carbons (Fsp3) is 0.692. The summed E-state index contributed by atoms with van der Waals surface area (Å²) in [5.74, 6) is 0.297. The quantitative estimate of drug-likeness (QED) is 0.837. The largest absolute Gasteiger partial charge is 0.395 e. The Morgan fingerprint density at radius 3 is 2.74 bits per heavy atom. The van der Waals surface area contributed by atoms with Crippen molar-refractivity contribution in [3.05, 3.63) is 11.4 Å². The van der Waals surface area contributed by atoms with Gasteiger partial charge < -0.3 is 15.7 Å². The number of rotatable bonds is 4. The van der Waals surface area contributed by atoms with Crippen LogP contribution in [-0.4, -0.2) is 45.4 Å². The zero-order valence-corrected chi connectivity index (χ0v) is 11.8. The number of carbonyl (C=O) groups is 1. The monoisotopic (exact) mass is 266 g/mol. The van der Waals surface area contributed by atoms with Crippen LogP contribution in [0.25, 0.3) is 0 Å². The molecule has 0 aromatic carbocycles. The van der Waals surface area contributed by atoms with Gasteiger partial charge >= 0.3 is 0 Å². The predicted octanol–water partition coefficient (Wildman–Crippen LogP) is 0.637. The first-order valence-corrected chi connectivity index (χ1v) is 6.70. The number of anilines is 1. The number of hydrogen-bond donors (Lipinski definition) is 2. The average molecular weight is 266 g/mol. The van der Waals surface area contributed by atoms with Crippen molar-refractivity contribution in [2.24, 2.45) is 5.92 Å². The Bertz CT molecular complexity index is 477. The zero-order valence-electron chi connectivity index (χ0n) is 11.8. The van der Waals surface area contributed by atoms with Gasteiger partial charge in [0.05, 0.1) is 17.5 Å². The first-order chi connectivity index (χ1) is 8.93. The third kappa shape index (κ3) is 2.58. The van der Waals surface area contributed by atoms with Gasteiger partial charge in [-0.05, 0) is 32.6 Å². The molecular weight excluding hydrogens is 244 g/mol. The summed E-state index contributed by atoms with van der Waals surface area (Å²) in [5, 5.41) is 13.5. The van der Waals surface area contributed by atoms with Crippen LogP contribution in [0.15, 0.2) is 0 Å². The summed E-state index contributed by atoms with van der Waals surface area (Å²) in [6.07, 6.45) is 1.36. The molecule has 6 heteroatoms. The van der Waals surface area contributed by atoms with Crippen molar-refractivity contribution in [1.82, 2.24) is 14.7 Å². The van der Waals surface area contributed by atoms with Gasteiger partial charge in [-0.3, -0.25) is 9.48 Å². The van der Waals surface area contributed by atoms with E-state index in [0.717, 1.165) is 12.8 Å². The summed E-state index contributed by atoms with van der Waals surface area (Å²) < 4.78 is 1.65. The van der Waals surface area contributed by atoms with Crippen LogP contribution in [0.5, 0.6) is 0 Å². The number of aromatic nitrogens is 2. The Morgan fingerprint density at radius 1 is 1.58 bits per heavy atom. The van der Waals surface area contributed by atoms with Crippen molar-refractivity contribution in [1.29, 1.82) is 0 Å². The highest BCUT2D eigenvalue weighted by atomic mass is 16.3. The maximum absolute atomic E-state index is 12.4. The van der Waals surface area contributed by atoms with Crippen LogP contribution in [0.4, 0.5) is 5.69 Å². The van der Waals surface area contributed by atoms with Crippen molar-refractivity contribution >= 4 is 11.6 Å². The van der Waals surface area contributed by atoms with Crippen LogP contribution in [0, 0.1) is 12.8 Å². The van der Waals surface area contributed by atoms with Gasteiger partial charge in [0, 0.05) is 20.1 Å². The minimum absolute atomic E-state index is 0.0960. The van der Waals surface area contributed by atoms with E-state index in [1.54, 1.807) is 23.6 Å². The molecule has 1 aromatic heterocycles. The van der Waals surface area contributed by atoms with Gasteiger partial charge in [0.25, 0.3) is 5.91 Å². The highest BCUT2D eigenvalue weighted by molar-refractivity contribution is 5.97. The van der Waals surface area contributed by atoms with E-state index in [4.69, 9.17) is 5.73 Å². The van der Waals surface area contributed by atoms with Gasteiger partial charge in [0.2, 0.25) is 0 Å². The first-order valence-electron chi connectivity index (χ1n) is 6.70. The standard InChI is InChI=1S/C13H22N4O2/c1-4-17-12(11(14)8(2)15-17)13(19)16(3)7-9-5-10(18)6-9/h9-10,18H,4-7,14H2,1-3H3. The van der Waals surface area contributed by atoms with Gasteiger partial charge in [-0.1, -0.05) is 0 Å². The van der Waals surface area contributed by atoms with E-state index in [2.05, 4.69) is 5.10 Å².